The summed E-state index contributed by atoms with van der Waals surface area (Å²) < 4.78 is 0. The van der Waals surface area contributed by atoms with E-state index in [2.05, 4.69) is 36.2 Å². The SMILES string of the molecule is CCN(CCO)c1nc(C(C)(C)C)nc(NN)c1C. The summed E-state index contributed by atoms with van der Waals surface area (Å²) >= 11 is 0. The van der Waals surface area contributed by atoms with Gasteiger partial charge in [0.1, 0.15) is 17.5 Å². The van der Waals surface area contributed by atoms with Crippen LogP contribution in [0.25, 0.3) is 0 Å². The number of rotatable bonds is 5. The fraction of sp³-hybridized carbons (Fsp3) is 0.692. The number of likely N-dealkylation sites (N-methyl/N-ethyl adjacent to an activating group) is 1. The molecule has 6 nitrogen and oxygen atoms in total. The van der Waals surface area contributed by atoms with E-state index < -0.39 is 0 Å². The van der Waals surface area contributed by atoms with Gasteiger partial charge in [-0.15, -0.1) is 0 Å². The van der Waals surface area contributed by atoms with Gasteiger partial charge in [-0.05, 0) is 13.8 Å². The molecule has 1 aromatic rings. The van der Waals surface area contributed by atoms with Crippen molar-refractivity contribution < 1.29 is 5.11 Å². The number of aromatic nitrogens is 2. The Morgan fingerprint density at radius 2 is 1.95 bits per heavy atom. The summed E-state index contributed by atoms with van der Waals surface area (Å²) in [5.41, 5.74) is 3.36. The van der Waals surface area contributed by atoms with Gasteiger partial charge >= 0.3 is 0 Å². The van der Waals surface area contributed by atoms with Crippen molar-refractivity contribution in [3.8, 4) is 0 Å². The second kappa shape index (κ2) is 6.16. The standard InChI is InChI=1S/C13H25N5O/c1-6-18(7-8-19)11-9(2)10(17-14)15-12(16-11)13(3,4)5/h19H,6-8,14H2,1-5H3,(H,15,16,17). The lowest BCUT2D eigenvalue weighted by Crippen LogP contribution is -2.30. The van der Waals surface area contributed by atoms with Gasteiger partial charge < -0.3 is 15.4 Å². The largest absolute Gasteiger partial charge is 0.395 e. The quantitative estimate of drug-likeness (QED) is 0.548. The van der Waals surface area contributed by atoms with Gasteiger partial charge in [-0.2, -0.15) is 0 Å². The first-order chi connectivity index (χ1) is 8.85. The van der Waals surface area contributed by atoms with Crippen LogP contribution in [0.1, 0.15) is 39.1 Å². The van der Waals surface area contributed by atoms with Crippen LogP contribution in [-0.4, -0.2) is 34.8 Å². The second-order valence-electron chi connectivity index (χ2n) is 5.54. The summed E-state index contributed by atoms with van der Waals surface area (Å²) in [6, 6.07) is 0. The van der Waals surface area contributed by atoms with E-state index in [1.165, 1.54) is 0 Å². The van der Waals surface area contributed by atoms with E-state index in [9.17, 15) is 0 Å². The molecule has 0 spiro atoms. The fourth-order valence-electron chi connectivity index (χ4n) is 1.82. The highest BCUT2D eigenvalue weighted by molar-refractivity contribution is 5.58. The summed E-state index contributed by atoms with van der Waals surface area (Å²) in [4.78, 5) is 11.1. The first-order valence-electron chi connectivity index (χ1n) is 6.56. The van der Waals surface area contributed by atoms with Crippen LogP contribution in [0.2, 0.25) is 0 Å². The highest BCUT2D eigenvalue weighted by Crippen LogP contribution is 2.27. The molecule has 0 aliphatic carbocycles. The molecule has 1 heterocycles. The van der Waals surface area contributed by atoms with Crippen molar-refractivity contribution in [3.05, 3.63) is 11.4 Å². The lowest BCUT2D eigenvalue weighted by Gasteiger charge is -2.26. The van der Waals surface area contributed by atoms with Gasteiger partial charge in [-0.1, -0.05) is 20.8 Å². The maximum absolute atomic E-state index is 9.15. The Bertz CT molecular complexity index is 428. The van der Waals surface area contributed by atoms with Gasteiger partial charge in [0.25, 0.3) is 0 Å². The molecule has 0 aliphatic heterocycles. The highest BCUT2D eigenvalue weighted by Gasteiger charge is 2.22. The molecule has 108 valence electrons. The van der Waals surface area contributed by atoms with Crippen molar-refractivity contribution in [1.82, 2.24) is 9.97 Å². The van der Waals surface area contributed by atoms with Crippen molar-refractivity contribution >= 4 is 11.6 Å². The molecule has 0 saturated heterocycles. The zero-order chi connectivity index (χ0) is 14.6. The van der Waals surface area contributed by atoms with Crippen LogP contribution in [0.4, 0.5) is 11.6 Å². The van der Waals surface area contributed by atoms with Crippen molar-refractivity contribution in [1.29, 1.82) is 0 Å². The molecule has 0 atom stereocenters. The predicted octanol–water partition coefficient (Wildman–Crippen LogP) is 1.19. The van der Waals surface area contributed by atoms with Crippen molar-refractivity contribution in [2.75, 3.05) is 30.0 Å². The molecule has 0 aromatic carbocycles. The Morgan fingerprint density at radius 3 is 2.37 bits per heavy atom. The van der Waals surface area contributed by atoms with Crippen molar-refractivity contribution in [3.63, 3.8) is 0 Å². The van der Waals surface area contributed by atoms with Crippen molar-refractivity contribution in [2.45, 2.75) is 40.0 Å². The van der Waals surface area contributed by atoms with Crippen LogP contribution in [0.3, 0.4) is 0 Å². The van der Waals surface area contributed by atoms with Crippen LogP contribution >= 0.6 is 0 Å². The van der Waals surface area contributed by atoms with Crippen LogP contribution in [-0.2, 0) is 5.41 Å². The van der Waals surface area contributed by atoms with Crippen LogP contribution in [0.15, 0.2) is 0 Å². The Morgan fingerprint density at radius 1 is 1.32 bits per heavy atom. The van der Waals surface area contributed by atoms with Gasteiger partial charge in [0.05, 0.1) is 6.61 Å². The molecule has 0 fully saturated rings. The number of anilines is 2. The smallest absolute Gasteiger partial charge is 0.148 e. The number of nitrogen functional groups attached to an aromatic ring is 1. The summed E-state index contributed by atoms with van der Waals surface area (Å²) in [6.45, 7) is 11.5. The van der Waals surface area contributed by atoms with Crippen LogP contribution in [0.5, 0.6) is 0 Å². The van der Waals surface area contributed by atoms with E-state index >= 15 is 0 Å². The number of hydrogen-bond donors (Lipinski definition) is 3. The van der Waals surface area contributed by atoms with Gasteiger partial charge in [-0.25, -0.2) is 15.8 Å². The molecule has 4 N–H and O–H groups in total. The second-order valence-corrected chi connectivity index (χ2v) is 5.54. The predicted molar refractivity (Wildman–Crippen MR) is 78.3 cm³/mol. The average Bonchev–Trinajstić information content (AvgIpc) is 2.35. The highest BCUT2D eigenvalue weighted by atomic mass is 16.3. The fourth-order valence-corrected chi connectivity index (χ4v) is 1.82. The van der Waals surface area contributed by atoms with Gasteiger partial charge in [0, 0.05) is 24.1 Å². The molecule has 1 rings (SSSR count). The molecule has 0 saturated carbocycles. The molecular weight excluding hydrogens is 242 g/mol. The third-order valence-electron chi connectivity index (χ3n) is 2.98. The third kappa shape index (κ3) is 3.54. The lowest BCUT2D eigenvalue weighted by molar-refractivity contribution is 0.302. The molecule has 19 heavy (non-hydrogen) atoms. The van der Waals surface area contributed by atoms with E-state index in [1.807, 2.05) is 18.7 Å². The molecular formula is C13H25N5O. The Labute approximate surface area is 115 Å². The lowest BCUT2D eigenvalue weighted by atomic mass is 9.95. The van der Waals surface area contributed by atoms with E-state index in [0.29, 0.717) is 12.4 Å². The van der Waals surface area contributed by atoms with E-state index in [-0.39, 0.29) is 12.0 Å². The number of aliphatic hydroxyl groups excluding tert-OH is 1. The van der Waals surface area contributed by atoms with E-state index in [4.69, 9.17) is 10.9 Å². The first-order valence-corrected chi connectivity index (χ1v) is 6.56. The Kier molecular flexibility index (Phi) is 5.08. The molecule has 0 bridgehead atoms. The monoisotopic (exact) mass is 267 g/mol. The van der Waals surface area contributed by atoms with E-state index in [1.54, 1.807) is 0 Å². The maximum Gasteiger partial charge on any atom is 0.148 e. The Hall–Kier alpha value is -1.40. The molecule has 6 heteroatoms. The summed E-state index contributed by atoms with van der Waals surface area (Å²) in [6.07, 6.45) is 0. The molecule has 0 unspecified atom stereocenters. The normalized spacial score (nSPS) is 11.5. The molecule has 0 amide bonds. The third-order valence-corrected chi connectivity index (χ3v) is 2.98. The summed E-state index contributed by atoms with van der Waals surface area (Å²) in [5, 5.41) is 9.15. The minimum absolute atomic E-state index is 0.0908. The minimum Gasteiger partial charge on any atom is -0.395 e. The first kappa shape index (κ1) is 15.7. The number of nitrogens with zero attached hydrogens (tertiary/aromatic N) is 3. The number of aliphatic hydroxyl groups is 1. The minimum atomic E-state index is -0.160. The summed E-state index contributed by atoms with van der Waals surface area (Å²) in [7, 11) is 0. The number of hydrazine groups is 1. The zero-order valence-electron chi connectivity index (χ0n) is 12.5. The number of nitrogens with one attached hydrogen (secondary N) is 1. The number of nitrogens with two attached hydrogens (primary N) is 1. The van der Waals surface area contributed by atoms with Crippen LogP contribution < -0.4 is 16.2 Å². The van der Waals surface area contributed by atoms with Gasteiger partial charge in [0.2, 0.25) is 0 Å². The van der Waals surface area contributed by atoms with Crippen LogP contribution in [0, 0.1) is 6.92 Å². The van der Waals surface area contributed by atoms with Crippen molar-refractivity contribution in [2.24, 2.45) is 5.84 Å². The molecule has 1 aromatic heterocycles. The number of hydrogen-bond acceptors (Lipinski definition) is 6. The van der Waals surface area contributed by atoms with E-state index in [0.717, 1.165) is 23.8 Å². The Balaban J connectivity index is 3.36. The molecule has 0 radical (unpaired) electrons. The summed E-state index contributed by atoms with van der Waals surface area (Å²) in [5.74, 6) is 7.73. The topological polar surface area (TPSA) is 87.3 Å². The van der Waals surface area contributed by atoms with Gasteiger partial charge in [-0.3, -0.25) is 0 Å². The molecule has 0 aliphatic rings. The maximum atomic E-state index is 9.15. The van der Waals surface area contributed by atoms with Gasteiger partial charge in [0.15, 0.2) is 0 Å². The zero-order valence-corrected chi connectivity index (χ0v) is 12.5. The average molecular weight is 267 g/mol.